The zero-order valence-electron chi connectivity index (χ0n) is 6.26. The van der Waals surface area contributed by atoms with Crippen LogP contribution in [0.25, 0.3) is 0 Å². The Labute approximate surface area is 65.1 Å². The van der Waals surface area contributed by atoms with Crippen molar-refractivity contribution in [2.24, 2.45) is 0 Å². The first kappa shape index (κ1) is 7.74. The minimum absolute atomic E-state index is 0.146. The molecule has 2 heteroatoms. The SMILES string of the molecule is Cc1ccc(F)c(CC#N)c1. The van der Waals surface area contributed by atoms with Gasteiger partial charge in [-0.3, -0.25) is 0 Å². The highest BCUT2D eigenvalue weighted by Crippen LogP contribution is 2.09. The van der Waals surface area contributed by atoms with Crippen molar-refractivity contribution < 1.29 is 4.39 Å². The lowest BCUT2D eigenvalue weighted by atomic mass is 10.1. The summed E-state index contributed by atoms with van der Waals surface area (Å²) in [5, 5.41) is 8.32. The highest BCUT2D eigenvalue weighted by molar-refractivity contribution is 5.25. The van der Waals surface area contributed by atoms with Gasteiger partial charge in [-0.05, 0) is 13.0 Å². The van der Waals surface area contributed by atoms with Gasteiger partial charge in [-0.1, -0.05) is 17.7 Å². The summed E-state index contributed by atoms with van der Waals surface area (Å²) in [6.07, 6.45) is 0.146. The zero-order valence-corrected chi connectivity index (χ0v) is 6.26. The van der Waals surface area contributed by atoms with Crippen LogP contribution < -0.4 is 0 Å². The third kappa shape index (κ3) is 1.78. The maximum Gasteiger partial charge on any atom is 0.127 e. The van der Waals surface area contributed by atoms with E-state index in [1.54, 1.807) is 12.1 Å². The van der Waals surface area contributed by atoms with Crippen LogP contribution in [0.4, 0.5) is 4.39 Å². The van der Waals surface area contributed by atoms with Crippen molar-refractivity contribution in [1.29, 1.82) is 5.26 Å². The van der Waals surface area contributed by atoms with Crippen molar-refractivity contribution >= 4 is 0 Å². The third-order valence-electron chi connectivity index (χ3n) is 1.47. The van der Waals surface area contributed by atoms with E-state index in [4.69, 9.17) is 5.26 Å². The molecule has 0 aliphatic heterocycles. The van der Waals surface area contributed by atoms with Gasteiger partial charge in [-0.15, -0.1) is 0 Å². The molecule has 1 nitrogen and oxygen atoms in total. The molecule has 0 saturated carbocycles. The molecule has 0 amide bonds. The molecule has 0 unspecified atom stereocenters. The number of hydrogen-bond acceptors (Lipinski definition) is 1. The van der Waals surface area contributed by atoms with Gasteiger partial charge in [0.05, 0.1) is 12.5 Å². The van der Waals surface area contributed by atoms with Gasteiger partial charge in [0.2, 0.25) is 0 Å². The average Bonchev–Trinajstić information content (AvgIpc) is 1.98. The topological polar surface area (TPSA) is 23.8 Å². The summed E-state index contributed by atoms with van der Waals surface area (Å²) >= 11 is 0. The molecule has 1 aromatic rings. The Hall–Kier alpha value is -1.36. The Morgan fingerprint density at radius 3 is 2.91 bits per heavy atom. The van der Waals surface area contributed by atoms with Gasteiger partial charge in [0.25, 0.3) is 0 Å². The number of nitriles is 1. The van der Waals surface area contributed by atoms with Crippen LogP contribution in [0.2, 0.25) is 0 Å². The van der Waals surface area contributed by atoms with Crippen LogP contribution in [0.5, 0.6) is 0 Å². The van der Waals surface area contributed by atoms with E-state index >= 15 is 0 Å². The molecular formula is C9H8FN. The van der Waals surface area contributed by atoms with Crippen LogP contribution in [-0.4, -0.2) is 0 Å². The summed E-state index contributed by atoms with van der Waals surface area (Å²) in [7, 11) is 0. The average molecular weight is 149 g/mol. The first-order chi connectivity index (χ1) is 5.24. The molecule has 56 valence electrons. The first-order valence-corrected chi connectivity index (χ1v) is 3.36. The second-order valence-electron chi connectivity index (χ2n) is 2.43. The lowest BCUT2D eigenvalue weighted by molar-refractivity contribution is 0.614. The Balaban J connectivity index is 3.05. The molecule has 0 aromatic heterocycles. The number of nitrogens with zero attached hydrogens (tertiary/aromatic N) is 1. The minimum atomic E-state index is -0.294. The molecular weight excluding hydrogens is 141 g/mol. The molecule has 1 rings (SSSR count). The molecule has 0 radical (unpaired) electrons. The maximum absolute atomic E-state index is 12.8. The molecule has 0 fully saturated rings. The van der Waals surface area contributed by atoms with E-state index in [2.05, 4.69) is 0 Å². The normalized spacial score (nSPS) is 9.18. The van der Waals surface area contributed by atoms with E-state index in [9.17, 15) is 4.39 Å². The summed E-state index contributed by atoms with van der Waals surface area (Å²) in [4.78, 5) is 0. The van der Waals surface area contributed by atoms with E-state index in [-0.39, 0.29) is 12.2 Å². The minimum Gasteiger partial charge on any atom is -0.207 e. The zero-order chi connectivity index (χ0) is 8.27. The van der Waals surface area contributed by atoms with Gasteiger partial charge in [0.1, 0.15) is 5.82 Å². The molecule has 0 saturated heterocycles. The van der Waals surface area contributed by atoms with Crippen LogP contribution in [-0.2, 0) is 6.42 Å². The molecule has 11 heavy (non-hydrogen) atoms. The van der Waals surface area contributed by atoms with E-state index in [1.165, 1.54) is 6.07 Å². The number of rotatable bonds is 1. The van der Waals surface area contributed by atoms with Crippen molar-refractivity contribution in [1.82, 2.24) is 0 Å². The molecule has 0 aliphatic carbocycles. The highest BCUT2D eigenvalue weighted by atomic mass is 19.1. The monoisotopic (exact) mass is 149 g/mol. The predicted molar refractivity (Wildman–Crippen MR) is 40.5 cm³/mol. The lowest BCUT2D eigenvalue weighted by Crippen LogP contribution is -1.88. The summed E-state index contributed by atoms with van der Waals surface area (Å²) in [5.74, 6) is -0.294. The number of halogens is 1. The largest absolute Gasteiger partial charge is 0.207 e. The molecule has 0 N–H and O–H groups in total. The van der Waals surface area contributed by atoms with Crippen molar-refractivity contribution in [2.75, 3.05) is 0 Å². The van der Waals surface area contributed by atoms with Crippen molar-refractivity contribution in [2.45, 2.75) is 13.3 Å². The van der Waals surface area contributed by atoms with Gasteiger partial charge in [-0.25, -0.2) is 4.39 Å². The Bertz CT molecular complexity index is 299. The Kier molecular flexibility index (Phi) is 2.22. The van der Waals surface area contributed by atoms with E-state index in [0.29, 0.717) is 5.56 Å². The quantitative estimate of drug-likeness (QED) is 0.600. The summed E-state index contributed by atoms with van der Waals surface area (Å²) in [5.41, 5.74) is 1.46. The van der Waals surface area contributed by atoms with Crippen molar-refractivity contribution in [3.05, 3.63) is 35.1 Å². The van der Waals surface area contributed by atoms with E-state index < -0.39 is 0 Å². The lowest BCUT2D eigenvalue weighted by Gasteiger charge is -1.97. The maximum atomic E-state index is 12.8. The number of hydrogen-bond donors (Lipinski definition) is 0. The fraction of sp³-hybridized carbons (Fsp3) is 0.222. The predicted octanol–water partition coefficient (Wildman–Crippen LogP) is 2.20. The highest BCUT2D eigenvalue weighted by Gasteiger charge is 1.99. The number of benzene rings is 1. The van der Waals surface area contributed by atoms with Gasteiger partial charge < -0.3 is 0 Å². The second kappa shape index (κ2) is 3.16. The van der Waals surface area contributed by atoms with Crippen LogP contribution in [0, 0.1) is 24.1 Å². The van der Waals surface area contributed by atoms with Gasteiger partial charge in [0, 0.05) is 5.56 Å². The number of aryl methyl sites for hydroxylation is 1. The Morgan fingerprint density at radius 1 is 1.55 bits per heavy atom. The van der Waals surface area contributed by atoms with Crippen LogP contribution in [0.1, 0.15) is 11.1 Å². The van der Waals surface area contributed by atoms with Gasteiger partial charge in [0.15, 0.2) is 0 Å². The smallest absolute Gasteiger partial charge is 0.127 e. The van der Waals surface area contributed by atoms with E-state index in [0.717, 1.165) is 5.56 Å². The standard InChI is InChI=1S/C9H8FN/c1-7-2-3-9(10)8(6-7)4-5-11/h2-3,6H,4H2,1H3. The summed E-state index contributed by atoms with van der Waals surface area (Å²) in [6.45, 7) is 1.88. The van der Waals surface area contributed by atoms with Crippen molar-refractivity contribution in [3.63, 3.8) is 0 Å². The molecule has 0 aliphatic rings. The van der Waals surface area contributed by atoms with E-state index in [1.807, 2.05) is 13.0 Å². The molecule has 0 heterocycles. The van der Waals surface area contributed by atoms with Crippen LogP contribution >= 0.6 is 0 Å². The van der Waals surface area contributed by atoms with Gasteiger partial charge in [-0.2, -0.15) is 5.26 Å². The molecule has 0 spiro atoms. The first-order valence-electron chi connectivity index (χ1n) is 3.36. The summed E-state index contributed by atoms with van der Waals surface area (Å²) < 4.78 is 12.8. The second-order valence-corrected chi connectivity index (χ2v) is 2.43. The fourth-order valence-corrected chi connectivity index (χ4v) is 0.924. The van der Waals surface area contributed by atoms with Gasteiger partial charge >= 0.3 is 0 Å². The molecule has 0 bridgehead atoms. The third-order valence-corrected chi connectivity index (χ3v) is 1.47. The molecule has 1 aromatic carbocycles. The van der Waals surface area contributed by atoms with Crippen LogP contribution in [0.3, 0.4) is 0 Å². The van der Waals surface area contributed by atoms with Crippen LogP contribution in [0.15, 0.2) is 18.2 Å². The molecule has 0 atom stereocenters. The fourth-order valence-electron chi connectivity index (χ4n) is 0.924. The Morgan fingerprint density at radius 2 is 2.27 bits per heavy atom. The van der Waals surface area contributed by atoms with Crippen molar-refractivity contribution in [3.8, 4) is 6.07 Å². The summed E-state index contributed by atoms with van der Waals surface area (Å²) in [6, 6.07) is 6.69.